The van der Waals surface area contributed by atoms with E-state index in [0.717, 1.165) is 29.9 Å². The zero-order chi connectivity index (χ0) is 12.0. The first-order chi connectivity index (χ1) is 7.65. The predicted octanol–water partition coefficient (Wildman–Crippen LogP) is 3.62. The van der Waals surface area contributed by atoms with Crippen LogP contribution in [0.5, 0.6) is 5.75 Å². The molecule has 0 aliphatic carbocycles. The second-order valence-corrected chi connectivity index (χ2v) is 4.26. The average molecular weight is 222 g/mol. The van der Waals surface area contributed by atoms with E-state index in [4.69, 9.17) is 4.74 Å². The first-order valence-electron chi connectivity index (χ1n) is 6.06. The number of hydrogen-bond donors (Lipinski definition) is 1. The molecule has 1 N–H and O–H groups in total. The van der Waals surface area contributed by atoms with Crippen LogP contribution in [0, 0.1) is 6.92 Å². The van der Waals surface area contributed by atoms with Gasteiger partial charge in [0.1, 0.15) is 5.75 Å². The number of aryl methyl sites for hydroxylation is 1. The van der Waals surface area contributed by atoms with Crippen LogP contribution < -0.4 is 4.74 Å². The lowest BCUT2D eigenvalue weighted by molar-refractivity contribution is 0.199. The summed E-state index contributed by atoms with van der Waals surface area (Å²) in [6.45, 7) is 6.75. The van der Waals surface area contributed by atoms with Gasteiger partial charge in [-0.25, -0.2) is 0 Å². The Morgan fingerprint density at radius 1 is 1.31 bits per heavy atom. The maximum Gasteiger partial charge on any atom is 0.122 e. The van der Waals surface area contributed by atoms with Crippen LogP contribution in [-0.2, 0) is 0 Å². The number of unbranched alkanes of at least 4 members (excludes halogenated alkanes) is 2. The highest BCUT2D eigenvalue weighted by molar-refractivity contribution is 5.36. The molecule has 16 heavy (non-hydrogen) atoms. The highest BCUT2D eigenvalue weighted by atomic mass is 16.5. The second kappa shape index (κ2) is 6.54. The molecule has 2 nitrogen and oxygen atoms in total. The van der Waals surface area contributed by atoms with Crippen molar-refractivity contribution in [2.45, 2.75) is 46.1 Å². The third-order valence-electron chi connectivity index (χ3n) is 2.69. The van der Waals surface area contributed by atoms with Crippen molar-refractivity contribution < 1.29 is 9.84 Å². The Hall–Kier alpha value is -1.02. The van der Waals surface area contributed by atoms with Crippen LogP contribution in [0.4, 0.5) is 0 Å². The van der Waals surface area contributed by atoms with Crippen molar-refractivity contribution in [2.75, 3.05) is 6.61 Å². The van der Waals surface area contributed by atoms with E-state index in [1.165, 1.54) is 12.8 Å². The molecule has 0 spiro atoms. The van der Waals surface area contributed by atoms with Crippen molar-refractivity contribution in [1.82, 2.24) is 0 Å². The van der Waals surface area contributed by atoms with Crippen molar-refractivity contribution in [3.8, 4) is 5.75 Å². The van der Waals surface area contributed by atoms with Crippen molar-refractivity contribution >= 4 is 0 Å². The molecule has 1 aromatic carbocycles. The van der Waals surface area contributed by atoms with Crippen LogP contribution in [0.2, 0.25) is 0 Å². The van der Waals surface area contributed by atoms with Gasteiger partial charge in [0.05, 0.1) is 12.7 Å². The van der Waals surface area contributed by atoms with Crippen LogP contribution >= 0.6 is 0 Å². The van der Waals surface area contributed by atoms with Crippen LogP contribution in [0.25, 0.3) is 0 Å². The molecule has 0 heterocycles. The van der Waals surface area contributed by atoms with Crippen LogP contribution in [0.1, 0.15) is 50.3 Å². The lowest BCUT2D eigenvalue weighted by Gasteiger charge is -2.11. The van der Waals surface area contributed by atoms with E-state index in [0.29, 0.717) is 0 Å². The monoisotopic (exact) mass is 222 g/mol. The number of hydrogen-bond acceptors (Lipinski definition) is 2. The Morgan fingerprint density at radius 2 is 2.06 bits per heavy atom. The Kier molecular flexibility index (Phi) is 5.33. The molecule has 2 heteroatoms. The van der Waals surface area contributed by atoms with Crippen molar-refractivity contribution in [2.24, 2.45) is 0 Å². The number of benzene rings is 1. The molecular weight excluding hydrogens is 200 g/mol. The van der Waals surface area contributed by atoms with Gasteiger partial charge in [0, 0.05) is 0 Å². The first-order valence-corrected chi connectivity index (χ1v) is 6.06. The van der Waals surface area contributed by atoms with Crippen molar-refractivity contribution in [3.05, 3.63) is 29.3 Å². The van der Waals surface area contributed by atoms with Gasteiger partial charge in [0.15, 0.2) is 0 Å². The molecule has 0 saturated carbocycles. The lowest BCUT2D eigenvalue weighted by atomic mass is 10.1. The van der Waals surface area contributed by atoms with Crippen LogP contribution in [0.3, 0.4) is 0 Å². The molecule has 0 unspecified atom stereocenters. The summed E-state index contributed by atoms with van der Waals surface area (Å²) in [5.41, 5.74) is 2.04. The minimum Gasteiger partial charge on any atom is -0.493 e. The first kappa shape index (κ1) is 13.0. The minimum absolute atomic E-state index is 0.409. The summed E-state index contributed by atoms with van der Waals surface area (Å²) in [5, 5.41) is 9.44. The van der Waals surface area contributed by atoms with Gasteiger partial charge >= 0.3 is 0 Å². The zero-order valence-electron chi connectivity index (χ0n) is 10.5. The Bertz CT molecular complexity index is 319. The topological polar surface area (TPSA) is 29.5 Å². The normalized spacial score (nSPS) is 12.5. The highest BCUT2D eigenvalue weighted by Crippen LogP contribution is 2.22. The number of aliphatic hydroxyl groups excluding tert-OH is 1. The van der Waals surface area contributed by atoms with E-state index in [1.807, 2.05) is 25.1 Å². The van der Waals surface area contributed by atoms with Gasteiger partial charge in [-0.3, -0.25) is 0 Å². The second-order valence-electron chi connectivity index (χ2n) is 4.26. The van der Waals surface area contributed by atoms with Crippen molar-refractivity contribution in [1.29, 1.82) is 0 Å². The van der Waals surface area contributed by atoms with Gasteiger partial charge in [-0.05, 0) is 43.5 Å². The molecule has 0 aromatic heterocycles. The summed E-state index contributed by atoms with van der Waals surface area (Å²) >= 11 is 0. The Labute approximate surface area is 98.3 Å². The maximum absolute atomic E-state index is 9.44. The zero-order valence-corrected chi connectivity index (χ0v) is 10.5. The van der Waals surface area contributed by atoms with Gasteiger partial charge in [0.25, 0.3) is 0 Å². The standard InChI is InChI=1S/C14H22O2/c1-4-5-6-9-16-14-8-7-13(12(3)15)10-11(14)2/h7-8,10,12,15H,4-6,9H2,1-3H3/t12-/m1/s1. The van der Waals surface area contributed by atoms with E-state index >= 15 is 0 Å². The smallest absolute Gasteiger partial charge is 0.122 e. The molecule has 0 aliphatic heterocycles. The number of aliphatic hydroxyl groups is 1. The lowest BCUT2D eigenvalue weighted by Crippen LogP contribution is -2.00. The summed E-state index contributed by atoms with van der Waals surface area (Å²) in [7, 11) is 0. The van der Waals surface area contributed by atoms with Crippen molar-refractivity contribution in [3.63, 3.8) is 0 Å². The molecule has 1 rings (SSSR count). The fourth-order valence-electron chi connectivity index (χ4n) is 1.63. The highest BCUT2D eigenvalue weighted by Gasteiger charge is 2.04. The summed E-state index contributed by atoms with van der Waals surface area (Å²) in [5.74, 6) is 0.931. The molecule has 0 amide bonds. The minimum atomic E-state index is -0.409. The van der Waals surface area contributed by atoms with Gasteiger partial charge in [-0.1, -0.05) is 25.8 Å². The summed E-state index contributed by atoms with van der Waals surface area (Å²) in [6.07, 6.45) is 3.12. The van der Waals surface area contributed by atoms with E-state index in [2.05, 4.69) is 6.92 Å². The third kappa shape index (κ3) is 3.86. The molecule has 90 valence electrons. The van der Waals surface area contributed by atoms with E-state index in [9.17, 15) is 5.11 Å². The molecule has 0 saturated heterocycles. The molecule has 0 bridgehead atoms. The maximum atomic E-state index is 9.44. The van der Waals surface area contributed by atoms with E-state index in [1.54, 1.807) is 6.92 Å². The van der Waals surface area contributed by atoms with Gasteiger partial charge in [0.2, 0.25) is 0 Å². The van der Waals surface area contributed by atoms with Gasteiger partial charge in [-0.2, -0.15) is 0 Å². The molecule has 1 atom stereocenters. The number of rotatable bonds is 6. The quantitative estimate of drug-likeness (QED) is 0.745. The van der Waals surface area contributed by atoms with Crippen LogP contribution in [0.15, 0.2) is 18.2 Å². The molecule has 0 fully saturated rings. The molecule has 1 aromatic rings. The molecule has 0 radical (unpaired) electrons. The predicted molar refractivity (Wildman–Crippen MR) is 66.8 cm³/mol. The largest absolute Gasteiger partial charge is 0.493 e. The average Bonchev–Trinajstić information content (AvgIpc) is 2.26. The fourth-order valence-corrected chi connectivity index (χ4v) is 1.63. The number of ether oxygens (including phenoxy) is 1. The summed E-state index contributed by atoms with van der Waals surface area (Å²) in [4.78, 5) is 0. The summed E-state index contributed by atoms with van der Waals surface area (Å²) in [6, 6.07) is 5.86. The SMILES string of the molecule is CCCCCOc1ccc([C@@H](C)O)cc1C. The summed E-state index contributed by atoms with van der Waals surface area (Å²) < 4.78 is 5.69. The fraction of sp³-hybridized carbons (Fsp3) is 0.571. The Balaban J connectivity index is 2.54. The van der Waals surface area contributed by atoms with Crippen LogP contribution in [-0.4, -0.2) is 11.7 Å². The molecule has 0 aliphatic rings. The van der Waals surface area contributed by atoms with Gasteiger partial charge < -0.3 is 9.84 Å². The van der Waals surface area contributed by atoms with E-state index < -0.39 is 6.10 Å². The van der Waals surface area contributed by atoms with E-state index in [-0.39, 0.29) is 0 Å². The third-order valence-corrected chi connectivity index (χ3v) is 2.69. The molecular formula is C14H22O2. The van der Waals surface area contributed by atoms with Gasteiger partial charge in [-0.15, -0.1) is 0 Å². The Morgan fingerprint density at radius 3 is 2.62 bits per heavy atom.